The van der Waals surface area contributed by atoms with Crippen molar-refractivity contribution >= 4 is 22.6 Å². The van der Waals surface area contributed by atoms with Gasteiger partial charge < -0.3 is 5.73 Å². The molecule has 0 spiro atoms. The Hall–Kier alpha value is -1.01. The second-order valence-corrected chi connectivity index (χ2v) is 5.24. The van der Waals surface area contributed by atoms with E-state index >= 15 is 0 Å². The minimum absolute atomic E-state index is 0.441. The normalized spacial score (nSPS) is 12.5. The van der Waals surface area contributed by atoms with Crippen LogP contribution >= 0.6 is 22.6 Å². The van der Waals surface area contributed by atoms with Gasteiger partial charge in [-0.3, -0.25) is 0 Å². The third-order valence-corrected chi connectivity index (χ3v) is 4.27. The highest BCUT2D eigenvalue weighted by Gasteiger charge is 2.15. The number of rotatable bonds is 2. The van der Waals surface area contributed by atoms with E-state index in [1.807, 2.05) is 25.1 Å². The van der Waals surface area contributed by atoms with Crippen LogP contribution in [0.15, 0.2) is 36.4 Å². The number of aryl methyl sites for hydroxylation is 1. The van der Waals surface area contributed by atoms with Gasteiger partial charge in [-0.05, 0) is 58.3 Å². The zero-order valence-corrected chi connectivity index (χ0v) is 11.9. The summed E-state index contributed by atoms with van der Waals surface area (Å²) in [5.41, 5.74) is 8.50. The highest BCUT2D eigenvalue weighted by atomic mass is 127. The summed E-state index contributed by atoms with van der Waals surface area (Å²) in [6, 6.07) is 8.60. The Labute approximate surface area is 118 Å². The molecule has 0 bridgehead atoms. The summed E-state index contributed by atoms with van der Waals surface area (Å²) in [6.45, 7) is 1.98. The van der Waals surface area contributed by atoms with Gasteiger partial charge in [0.1, 0.15) is 11.6 Å². The SMILES string of the molecule is Cc1cccc(C(N)c2cc(F)cc(F)c2)c1I. The highest BCUT2D eigenvalue weighted by Crippen LogP contribution is 2.27. The van der Waals surface area contributed by atoms with Crippen molar-refractivity contribution in [3.63, 3.8) is 0 Å². The average Bonchev–Trinajstić information content (AvgIpc) is 2.30. The van der Waals surface area contributed by atoms with Gasteiger partial charge in [-0.2, -0.15) is 0 Å². The molecule has 1 nitrogen and oxygen atoms in total. The van der Waals surface area contributed by atoms with Crippen molar-refractivity contribution in [1.82, 2.24) is 0 Å². The van der Waals surface area contributed by atoms with Crippen LogP contribution in [0.2, 0.25) is 0 Å². The van der Waals surface area contributed by atoms with E-state index < -0.39 is 17.7 Å². The van der Waals surface area contributed by atoms with Gasteiger partial charge in [0.15, 0.2) is 0 Å². The summed E-state index contributed by atoms with van der Waals surface area (Å²) in [5.74, 6) is -1.22. The minimum Gasteiger partial charge on any atom is -0.320 e. The Morgan fingerprint density at radius 1 is 1.11 bits per heavy atom. The van der Waals surface area contributed by atoms with E-state index in [4.69, 9.17) is 5.73 Å². The fourth-order valence-corrected chi connectivity index (χ4v) is 2.54. The van der Waals surface area contributed by atoms with Crippen molar-refractivity contribution in [2.45, 2.75) is 13.0 Å². The molecule has 4 heteroatoms. The summed E-state index contributed by atoms with van der Waals surface area (Å²) in [4.78, 5) is 0. The molecule has 0 aliphatic carbocycles. The molecule has 2 N–H and O–H groups in total. The lowest BCUT2D eigenvalue weighted by Crippen LogP contribution is -2.14. The molecule has 0 saturated carbocycles. The Balaban J connectivity index is 2.47. The first-order valence-corrected chi connectivity index (χ1v) is 6.53. The van der Waals surface area contributed by atoms with Crippen LogP contribution in [0.3, 0.4) is 0 Å². The second kappa shape index (κ2) is 5.32. The fourth-order valence-electron chi connectivity index (χ4n) is 1.84. The summed E-state index contributed by atoms with van der Waals surface area (Å²) >= 11 is 2.20. The number of benzene rings is 2. The van der Waals surface area contributed by atoms with E-state index in [1.54, 1.807) is 0 Å². The number of halogens is 3. The van der Waals surface area contributed by atoms with Crippen LogP contribution in [0.1, 0.15) is 22.7 Å². The molecule has 0 fully saturated rings. The predicted molar refractivity (Wildman–Crippen MR) is 76.3 cm³/mol. The van der Waals surface area contributed by atoms with Gasteiger partial charge in [-0.15, -0.1) is 0 Å². The zero-order chi connectivity index (χ0) is 13.3. The Kier molecular flexibility index (Phi) is 3.97. The largest absolute Gasteiger partial charge is 0.320 e. The van der Waals surface area contributed by atoms with Crippen molar-refractivity contribution in [2.75, 3.05) is 0 Å². The molecular weight excluding hydrogens is 347 g/mol. The van der Waals surface area contributed by atoms with Crippen molar-refractivity contribution in [1.29, 1.82) is 0 Å². The van der Waals surface area contributed by atoms with Gasteiger partial charge in [-0.25, -0.2) is 8.78 Å². The molecule has 2 aromatic carbocycles. The van der Waals surface area contributed by atoms with Gasteiger partial charge in [0.2, 0.25) is 0 Å². The van der Waals surface area contributed by atoms with E-state index in [9.17, 15) is 8.78 Å². The monoisotopic (exact) mass is 359 g/mol. The molecule has 2 aromatic rings. The van der Waals surface area contributed by atoms with Crippen molar-refractivity contribution < 1.29 is 8.78 Å². The first-order chi connectivity index (χ1) is 8.49. The summed E-state index contributed by atoms with van der Waals surface area (Å²) in [7, 11) is 0. The first-order valence-electron chi connectivity index (χ1n) is 5.45. The van der Waals surface area contributed by atoms with Crippen LogP contribution in [0.25, 0.3) is 0 Å². The van der Waals surface area contributed by atoms with E-state index in [-0.39, 0.29) is 0 Å². The van der Waals surface area contributed by atoms with Crippen molar-refractivity contribution in [2.24, 2.45) is 5.73 Å². The molecule has 1 atom stereocenters. The third kappa shape index (κ3) is 2.70. The first kappa shape index (κ1) is 13.4. The average molecular weight is 359 g/mol. The maximum absolute atomic E-state index is 13.2. The lowest BCUT2D eigenvalue weighted by Gasteiger charge is -2.16. The predicted octanol–water partition coefficient (Wildman–Crippen LogP) is 3.93. The minimum atomic E-state index is -0.608. The van der Waals surface area contributed by atoms with E-state index in [1.165, 1.54) is 12.1 Å². The lowest BCUT2D eigenvalue weighted by molar-refractivity contribution is 0.577. The van der Waals surface area contributed by atoms with Crippen molar-refractivity contribution in [3.8, 4) is 0 Å². The smallest absolute Gasteiger partial charge is 0.126 e. The molecule has 2 rings (SSSR count). The van der Waals surface area contributed by atoms with Crippen LogP contribution in [-0.2, 0) is 0 Å². The van der Waals surface area contributed by atoms with Gasteiger partial charge in [-0.1, -0.05) is 18.2 Å². The number of hydrogen-bond donors (Lipinski definition) is 1. The maximum Gasteiger partial charge on any atom is 0.126 e. The molecule has 0 amide bonds. The summed E-state index contributed by atoms with van der Waals surface area (Å²) in [5, 5.41) is 0. The molecule has 0 aliphatic heterocycles. The van der Waals surface area contributed by atoms with Gasteiger partial charge in [0.25, 0.3) is 0 Å². The lowest BCUT2D eigenvalue weighted by atomic mass is 9.98. The van der Waals surface area contributed by atoms with Crippen LogP contribution in [-0.4, -0.2) is 0 Å². The summed E-state index contributed by atoms with van der Waals surface area (Å²) < 4.78 is 27.4. The molecule has 18 heavy (non-hydrogen) atoms. The van der Waals surface area contributed by atoms with E-state index in [2.05, 4.69) is 22.6 Å². The zero-order valence-electron chi connectivity index (χ0n) is 9.75. The molecule has 0 radical (unpaired) electrons. The van der Waals surface area contributed by atoms with Crippen molar-refractivity contribution in [3.05, 3.63) is 68.3 Å². The maximum atomic E-state index is 13.2. The topological polar surface area (TPSA) is 26.0 Å². The molecule has 0 saturated heterocycles. The van der Waals surface area contributed by atoms with Gasteiger partial charge in [0, 0.05) is 9.64 Å². The van der Waals surface area contributed by atoms with Crippen LogP contribution in [0, 0.1) is 22.1 Å². The number of nitrogens with two attached hydrogens (primary N) is 1. The Morgan fingerprint density at radius 2 is 1.72 bits per heavy atom. The Morgan fingerprint density at radius 3 is 2.33 bits per heavy atom. The van der Waals surface area contributed by atoms with Gasteiger partial charge in [0.05, 0.1) is 6.04 Å². The quantitative estimate of drug-likeness (QED) is 0.808. The molecule has 94 valence electrons. The molecule has 1 unspecified atom stereocenters. The second-order valence-electron chi connectivity index (χ2n) is 4.16. The van der Waals surface area contributed by atoms with Crippen LogP contribution in [0.4, 0.5) is 8.78 Å². The van der Waals surface area contributed by atoms with Crippen LogP contribution < -0.4 is 5.73 Å². The standard InChI is InChI=1S/C14H12F2IN/c1-8-3-2-4-12(13(8)17)14(18)9-5-10(15)7-11(16)6-9/h2-7,14H,18H2,1H3. The molecule has 0 aliphatic rings. The van der Waals surface area contributed by atoms with Crippen LogP contribution in [0.5, 0.6) is 0 Å². The molecule has 0 aromatic heterocycles. The highest BCUT2D eigenvalue weighted by molar-refractivity contribution is 14.1. The fraction of sp³-hybridized carbons (Fsp3) is 0.143. The Bertz CT molecular complexity index is 564. The molecule has 0 heterocycles. The van der Waals surface area contributed by atoms with Gasteiger partial charge >= 0.3 is 0 Å². The van der Waals surface area contributed by atoms with E-state index in [0.29, 0.717) is 5.56 Å². The molecular formula is C14H12F2IN. The third-order valence-electron chi connectivity index (χ3n) is 2.80. The van der Waals surface area contributed by atoms with E-state index in [0.717, 1.165) is 20.8 Å². The summed E-state index contributed by atoms with van der Waals surface area (Å²) in [6.07, 6.45) is 0. The number of hydrogen-bond acceptors (Lipinski definition) is 1.